The zero-order valence-electron chi connectivity index (χ0n) is 25.0. The van der Waals surface area contributed by atoms with E-state index in [0.29, 0.717) is 22.9 Å². The second kappa shape index (κ2) is 17.2. The number of nitrogens with two attached hydrogens (primary N) is 1. The molecule has 0 atom stereocenters. The first-order chi connectivity index (χ1) is 19.5. The molecule has 40 heavy (non-hydrogen) atoms. The lowest BCUT2D eigenvalue weighted by Gasteiger charge is -2.16. The number of aryl methyl sites for hydroxylation is 2. The van der Waals surface area contributed by atoms with Crippen LogP contribution in [0.15, 0.2) is 48.5 Å². The Balaban J connectivity index is 1.61. The van der Waals surface area contributed by atoms with Gasteiger partial charge in [-0.15, -0.1) is 0 Å². The fourth-order valence-corrected chi connectivity index (χ4v) is 5.04. The van der Waals surface area contributed by atoms with E-state index in [4.69, 9.17) is 10.7 Å². The van der Waals surface area contributed by atoms with Gasteiger partial charge in [-0.05, 0) is 73.6 Å². The molecule has 0 amide bonds. The van der Waals surface area contributed by atoms with Gasteiger partial charge in [0.25, 0.3) is 0 Å². The van der Waals surface area contributed by atoms with E-state index in [1.165, 1.54) is 88.2 Å². The maximum absolute atomic E-state index is 9.86. The number of pyridine rings is 1. The first-order valence-electron chi connectivity index (χ1n) is 15.5. The van der Waals surface area contributed by atoms with Crippen LogP contribution in [0.3, 0.4) is 0 Å². The molecule has 3 rings (SSSR count). The second-order valence-corrected chi connectivity index (χ2v) is 11.0. The van der Waals surface area contributed by atoms with Gasteiger partial charge in [-0.2, -0.15) is 5.26 Å². The number of hydrogen-bond donors (Lipinski definition) is 3. The van der Waals surface area contributed by atoms with E-state index >= 15 is 0 Å². The minimum absolute atomic E-state index is 0.466. The van der Waals surface area contributed by atoms with Crippen molar-refractivity contribution in [3.63, 3.8) is 0 Å². The summed E-state index contributed by atoms with van der Waals surface area (Å²) in [5.41, 5.74) is 12.6. The first kappa shape index (κ1) is 31.0. The number of unbranched alkanes of at least 4 members (excludes halogenated alkanes) is 10. The normalized spacial score (nSPS) is 10.8. The fourth-order valence-electron chi connectivity index (χ4n) is 5.04. The Hall–Kier alpha value is -3.52. The Bertz CT molecular complexity index is 1190. The van der Waals surface area contributed by atoms with Crippen LogP contribution in [0.1, 0.15) is 113 Å². The highest BCUT2D eigenvalue weighted by atomic mass is 15.1. The van der Waals surface area contributed by atoms with E-state index in [0.717, 1.165) is 29.8 Å². The van der Waals surface area contributed by atoms with E-state index < -0.39 is 0 Å². The molecule has 0 unspecified atom stereocenters. The lowest BCUT2D eigenvalue weighted by atomic mass is 10.0. The molecule has 214 valence electrons. The van der Waals surface area contributed by atoms with Gasteiger partial charge >= 0.3 is 0 Å². The highest BCUT2D eigenvalue weighted by Gasteiger charge is 2.16. The average Bonchev–Trinajstić information content (AvgIpc) is 2.97. The number of nitrogens with one attached hydrogen (secondary N) is 2. The van der Waals surface area contributed by atoms with E-state index in [-0.39, 0.29) is 0 Å². The molecule has 0 aliphatic carbocycles. The van der Waals surface area contributed by atoms with Crippen LogP contribution < -0.4 is 16.4 Å². The first-order valence-corrected chi connectivity index (χ1v) is 15.5. The molecule has 1 aromatic heterocycles. The lowest BCUT2D eigenvalue weighted by molar-refractivity contribution is 0.607. The van der Waals surface area contributed by atoms with Crippen molar-refractivity contribution in [2.75, 3.05) is 16.4 Å². The number of nitriles is 1. The molecule has 0 bridgehead atoms. The van der Waals surface area contributed by atoms with E-state index in [1.807, 2.05) is 6.92 Å². The Morgan fingerprint density at radius 1 is 0.650 bits per heavy atom. The van der Waals surface area contributed by atoms with Crippen molar-refractivity contribution < 1.29 is 0 Å². The quantitative estimate of drug-likeness (QED) is 0.140. The van der Waals surface area contributed by atoms with Crippen LogP contribution in [-0.2, 0) is 12.8 Å². The van der Waals surface area contributed by atoms with Crippen molar-refractivity contribution in [2.24, 2.45) is 0 Å². The zero-order valence-corrected chi connectivity index (χ0v) is 25.0. The third kappa shape index (κ3) is 9.90. The second-order valence-electron chi connectivity index (χ2n) is 11.0. The van der Waals surface area contributed by atoms with Crippen LogP contribution >= 0.6 is 0 Å². The van der Waals surface area contributed by atoms with Crippen LogP contribution in [0.2, 0.25) is 0 Å². The van der Waals surface area contributed by atoms with Crippen LogP contribution in [-0.4, -0.2) is 4.98 Å². The lowest BCUT2D eigenvalue weighted by Crippen LogP contribution is -2.07. The molecule has 5 nitrogen and oxygen atoms in total. The summed E-state index contributed by atoms with van der Waals surface area (Å²) in [6, 6.07) is 19.3. The van der Waals surface area contributed by atoms with Crippen molar-refractivity contribution in [1.29, 1.82) is 5.26 Å². The summed E-state index contributed by atoms with van der Waals surface area (Å²) in [5, 5.41) is 16.6. The van der Waals surface area contributed by atoms with E-state index in [9.17, 15) is 5.26 Å². The summed E-state index contributed by atoms with van der Waals surface area (Å²) in [4.78, 5) is 4.74. The van der Waals surface area contributed by atoms with Crippen LogP contribution in [0, 0.1) is 18.3 Å². The molecular formula is C35H49N5. The van der Waals surface area contributed by atoms with Crippen LogP contribution in [0.5, 0.6) is 0 Å². The third-order valence-corrected chi connectivity index (χ3v) is 7.68. The molecule has 0 saturated heterocycles. The Morgan fingerprint density at radius 3 is 1.52 bits per heavy atom. The molecular weight excluding hydrogens is 490 g/mol. The molecule has 2 aromatic carbocycles. The Morgan fingerprint density at radius 2 is 1.07 bits per heavy atom. The highest BCUT2D eigenvalue weighted by molar-refractivity contribution is 5.79. The standard InChI is InChI=1S/C35H49N5/c1-4-6-8-10-12-14-16-28-18-22-30(23-19-28)38-34-32(26-36)27(3)33(37)35(40-34)39-31-24-20-29(21-25-31)17-15-13-11-9-7-5-2/h18-25H,4-17,37H2,1-3H3,(H2,38,39,40). The highest BCUT2D eigenvalue weighted by Crippen LogP contribution is 2.32. The number of anilines is 5. The fraction of sp³-hybridized carbons (Fsp3) is 0.486. The number of benzene rings is 2. The number of rotatable bonds is 18. The zero-order chi connectivity index (χ0) is 28.6. The molecule has 5 heteroatoms. The van der Waals surface area contributed by atoms with Gasteiger partial charge in [-0.3, -0.25) is 0 Å². The minimum Gasteiger partial charge on any atom is -0.395 e. The maximum atomic E-state index is 9.86. The topological polar surface area (TPSA) is 86.8 Å². The number of aromatic nitrogens is 1. The third-order valence-electron chi connectivity index (χ3n) is 7.68. The van der Waals surface area contributed by atoms with Crippen molar-refractivity contribution in [3.8, 4) is 6.07 Å². The molecule has 0 aliphatic rings. The van der Waals surface area contributed by atoms with Gasteiger partial charge in [0.15, 0.2) is 11.6 Å². The largest absolute Gasteiger partial charge is 0.395 e. The predicted octanol–water partition coefficient (Wildman–Crippen LogP) is 10.1. The SMILES string of the molecule is CCCCCCCCc1ccc(Nc2nc(Nc3ccc(CCCCCCCC)cc3)c(C#N)c(C)c2N)cc1. The van der Waals surface area contributed by atoms with Gasteiger partial charge in [-0.25, -0.2) is 4.98 Å². The smallest absolute Gasteiger partial charge is 0.156 e. The summed E-state index contributed by atoms with van der Waals surface area (Å²) >= 11 is 0. The van der Waals surface area contributed by atoms with E-state index in [2.05, 4.69) is 79.1 Å². The summed E-state index contributed by atoms with van der Waals surface area (Å²) < 4.78 is 0. The van der Waals surface area contributed by atoms with Crippen molar-refractivity contribution >= 4 is 28.7 Å². The summed E-state index contributed by atoms with van der Waals surface area (Å²) in [5.74, 6) is 1.07. The predicted molar refractivity (Wildman–Crippen MR) is 172 cm³/mol. The van der Waals surface area contributed by atoms with Gasteiger partial charge in [0.1, 0.15) is 6.07 Å². The van der Waals surface area contributed by atoms with Gasteiger partial charge in [0.2, 0.25) is 0 Å². The molecule has 4 N–H and O–H groups in total. The number of nitrogens with zero attached hydrogens (tertiary/aromatic N) is 2. The summed E-state index contributed by atoms with van der Waals surface area (Å²) in [6.45, 7) is 6.38. The van der Waals surface area contributed by atoms with Crippen molar-refractivity contribution in [2.45, 2.75) is 111 Å². The van der Waals surface area contributed by atoms with Crippen molar-refractivity contribution in [1.82, 2.24) is 4.98 Å². The van der Waals surface area contributed by atoms with Crippen LogP contribution in [0.25, 0.3) is 0 Å². The maximum Gasteiger partial charge on any atom is 0.156 e. The average molecular weight is 540 g/mol. The van der Waals surface area contributed by atoms with Crippen LogP contribution in [0.4, 0.5) is 28.7 Å². The number of hydrogen-bond acceptors (Lipinski definition) is 5. The Labute approximate surface area is 242 Å². The van der Waals surface area contributed by atoms with Gasteiger partial charge < -0.3 is 16.4 Å². The van der Waals surface area contributed by atoms with Crippen molar-refractivity contribution in [3.05, 3.63) is 70.8 Å². The summed E-state index contributed by atoms with van der Waals surface area (Å²) in [6.07, 6.45) is 17.8. The molecule has 0 spiro atoms. The number of nitrogen functional groups attached to an aromatic ring is 1. The van der Waals surface area contributed by atoms with Gasteiger partial charge in [-0.1, -0.05) is 102 Å². The molecule has 0 aliphatic heterocycles. The van der Waals surface area contributed by atoms with E-state index in [1.54, 1.807) is 0 Å². The molecule has 0 fully saturated rings. The Kier molecular flexibility index (Phi) is 13.4. The van der Waals surface area contributed by atoms with Gasteiger partial charge in [0, 0.05) is 11.4 Å². The van der Waals surface area contributed by atoms with Gasteiger partial charge in [0.05, 0.1) is 11.3 Å². The molecule has 0 saturated carbocycles. The molecule has 0 radical (unpaired) electrons. The molecule has 3 aromatic rings. The molecule has 1 heterocycles. The minimum atomic E-state index is 0.466. The monoisotopic (exact) mass is 539 g/mol. The summed E-state index contributed by atoms with van der Waals surface area (Å²) in [7, 11) is 0.